The third-order valence-electron chi connectivity index (χ3n) is 4.28. The average Bonchev–Trinajstić information content (AvgIpc) is 2.90. The minimum absolute atomic E-state index is 0.0242. The third kappa shape index (κ3) is 2.90. The normalized spacial score (nSPS) is 14.8. The topological polar surface area (TPSA) is 47.2 Å². The predicted molar refractivity (Wildman–Crippen MR) is 97.3 cm³/mol. The molecule has 0 radical (unpaired) electrons. The molecule has 1 amide bonds. The van der Waals surface area contributed by atoms with Crippen LogP contribution >= 0.6 is 0 Å². The number of carbonyl (C=O) groups is 1. The van der Waals surface area contributed by atoms with Crippen LogP contribution in [0.1, 0.15) is 16.7 Å². The van der Waals surface area contributed by atoms with Crippen molar-refractivity contribution in [2.24, 2.45) is 0 Å². The molecule has 0 unspecified atom stereocenters. The van der Waals surface area contributed by atoms with Crippen LogP contribution in [0.3, 0.4) is 0 Å². The van der Waals surface area contributed by atoms with E-state index in [9.17, 15) is 10.0 Å². The Bertz CT molecular complexity index is 947. The second-order valence-electron chi connectivity index (χ2n) is 5.94. The highest BCUT2D eigenvalue weighted by Crippen LogP contribution is 2.38. The maximum atomic E-state index is 13.0. The van der Waals surface area contributed by atoms with Crippen molar-refractivity contribution < 1.29 is 9.52 Å². The van der Waals surface area contributed by atoms with Crippen LogP contribution in [0.2, 0.25) is 0 Å². The van der Waals surface area contributed by atoms with Crippen molar-refractivity contribution in [1.29, 1.82) is 0 Å². The molecule has 0 spiro atoms. The molecule has 0 aliphatic carbocycles. The summed E-state index contributed by atoms with van der Waals surface area (Å²) in [6, 6.07) is 21.1. The number of fused-ring (bicyclic) bond motifs is 1. The SMILES string of the molecule is O=C1/C(=C\c2cc[n+]([O-])cc2)c2ccccc2N1Cc1ccccc1. The molecule has 0 saturated heterocycles. The number of benzene rings is 2. The van der Waals surface area contributed by atoms with Gasteiger partial charge in [0.15, 0.2) is 12.4 Å². The minimum Gasteiger partial charge on any atom is -0.619 e. The summed E-state index contributed by atoms with van der Waals surface area (Å²) in [4.78, 5) is 14.8. The fourth-order valence-corrected chi connectivity index (χ4v) is 3.06. The summed E-state index contributed by atoms with van der Waals surface area (Å²) in [5, 5.41) is 11.2. The van der Waals surface area contributed by atoms with Crippen molar-refractivity contribution in [3.8, 4) is 0 Å². The lowest BCUT2D eigenvalue weighted by Crippen LogP contribution is -2.25. The Morgan fingerprint density at radius 3 is 2.36 bits per heavy atom. The minimum atomic E-state index is -0.0242. The lowest BCUT2D eigenvalue weighted by Gasteiger charge is -2.17. The Balaban J connectivity index is 1.74. The number of hydrogen-bond acceptors (Lipinski definition) is 2. The van der Waals surface area contributed by atoms with Crippen LogP contribution in [0, 0.1) is 5.21 Å². The standard InChI is InChI=1S/C21H16N2O2/c24-21-19(14-16-10-12-22(25)13-11-16)18-8-4-5-9-20(18)23(21)15-17-6-2-1-3-7-17/h1-14H,15H2/b19-14-. The Hall–Kier alpha value is -3.40. The highest BCUT2D eigenvalue weighted by molar-refractivity contribution is 6.35. The molecule has 2 aromatic carbocycles. The zero-order chi connectivity index (χ0) is 17.2. The van der Waals surface area contributed by atoms with Crippen molar-refractivity contribution >= 4 is 23.2 Å². The molecule has 122 valence electrons. The van der Waals surface area contributed by atoms with Gasteiger partial charge in [-0.3, -0.25) is 4.79 Å². The molecule has 1 aliphatic heterocycles. The number of nitrogens with zero attached hydrogens (tertiary/aromatic N) is 2. The first kappa shape index (κ1) is 15.1. The van der Waals surface area contributed by atoms with Gasteiger partial charge in [0, 0.05) is 23.3 Å². The molecule has 4 heteroatoms. The van der Waals surface area contributed by atoms with Gasteiger partial charge in [0.05, 0.1) is 12.2 Å². The molecule has 0 bridgehead atoms. The van der Waals surface area contributed by atoms with E-state index in [0.29, 0.717) is 12.1 Å². The monoisotopic (exact) mass is 328 g/mol. The molecule has 0 atom stereocenters. The van der Waals surface area contributed by atoms with Crippen LogP contribution in [-0.2, 0) is 11.3 Å². The molecule has 0 fully saturated rings. The van der Waals surface area contributed by atoms with Gasteiger partial charge in [-0.2, -0.15) is 4.73 Å². The van der Waals surface area contributed by atoms with Crippen molar-refractivity contribution in [2.75, 3.05) is 4.90 Å². The van der Waals surface area contributed by atoms with Crippen LogP contribution in [0.15, 0.2) is 79.1 Å². The first-order chi connectivity index (χ1) is 12.2. The summed E-state index contributed by atoms with van der Waals surface area (Å²) in [6.07, 6.45) is 4.70. The first-order valence-electron chi connectivity index (χ1n) is 8.08. The van der Waals surface area contributed by atoms with Gasteiger partial charge in [0.1, 0.15) is 0 Å². The molecule has 1 aliphatic rings. The molecule has 25 heavy (non-hydrogen) atoms. The lowest BCUT2D eigenvalue weighted by molar-refractivity contribution is -0.605. The Kier molecular flexibility index (Phi) is 3.78. The lowest BCUT2D eigenvalue weighted by atomic mass is 10.0. The number of pyridine rings is 1. The van der Waals surface area contributed by atoms with E-state index in [-0.39, 0.29) is 5.91 Å². The average molecular weight is 328 g/mol. The van der Waals surface area contributed by atoms with Gasteiger partial charge in [-0.25, -0.2) is 0 Å². The summed E-state index contributed by atoms with van der Waals surface area (Å²) in [7, 11) is 0. The van der Waals surface area contributed by atoms with Crippen molar-refractivity contribution in [3.63, 3.8) is 0 Å². The predicted octanol–water partition coefficient (Wildman–Crippen LogP) is 3.41. The zero-order valence-electron chi connectivity index (χ0n) is 13.5. The smallest absolute Gasteiger partial charge is 0.259 e. The van der Waals surface area contributed by atoms with Crippen LogP contribution in [0.25, 0.3) is 11.6 Å². The maximum absolute atomic E-state index is 13.0. The van der Waals surface area contributed by atoms with Gasteiger partial charge in [-0.1, -0.05) is 48.5 Å². The van der Waals surface area contributed by atoms with Gasteiger partial charge < -0.3 is 10.1 Å². The molecule has 3 aromatic rings. The highest BCUT2D eigenvalue weighted by Gasteiger charge is 2.31. The summed E-state index contributed by atoms with van der Waals surface area (Å²) < 4.78 is 0.730. The molecular formula is C21H16N2O2. The number of aromatic nitrogens is 1. The van der Waals surface area contributed by atoms with E-state index in [1.807, 2.05) is 60.7 Å². The largest absolute Gasteiger partial charge is 0.619 e. The molecule has 2 heterocycles. The van der Waals surface area contributed by atoms with E-state index in [4.69, 9.17) is 0 Å². The van der Waals surface area contributed by atoms with Gasteiger partial charge in [0.25, 0.3) is 5.91 Å². The van der Waals surface area contributed by atoms with E-state index in [2.05, 4.69) is 0 Å². The number of carbonyl (C=O) groups excluding carboxylic acids is 1. The van der Waals surface area contributed by atoms with Crippen molar-refractivity contribution in [2.45, 2.75) is 6.54 Å². The highest BCUT2D eigenvalue weighted by atomic mass is 16.5. The van der Waals surface area contributed by atoms with Crippen molar-refractivity contribution in [3.05, 3.63) is 101 Å². The molecule has 0 N–H and O–H groups in total. The molecule has 4 nitrogen and oxygen atoms in total. The summed E-state index contributed by atoms with van der Waals surface area (Å²) in [6.45, 7) is 0.531. The van der Waals surface area contributed by atoms with E-state index in [1.54, 1.807) is 17.0 Å². The number of anilines is 1. The fourth-order valence-electron chi connectivity index (χ4n) is 3.06. The van der Waals surface area contributed by atoms with Gasteiger partial charge >= 0.3 is 0 Å². The first-order valence-corrected chi connectivity index (χ1v) is 8.08. The Labute approximate surface area is 145 Å². The van der Waals surface area contributed by atoms with Gasteiger partial charge in [-0.05, 0) is 23.3 Å². The zero-order valence-corrected chi connectivity index (χ0v) is 13.5. The van der Waals surface area contributed by atoms with Gasteiger partial charge in [0.2, 0.25) is 0 Å². The maximum Gasteiger partial charge on any atom is 0.259 e. The fraction of sp³-hybridized carbons (Fsp3) is 0.0476. The van der Waals surface area contributed by atoms with E-state index >= 15 is 0 Å². The molecule has 0 saturated carbocycles. The Morgan fingerprint density at radius 1 is 0.920 bits per heavy atom. The quantitative estimate of drug-likeness (QED) is 0.420. The van der Waals surface area contributed by atoms with Crippen LogP contribution in [0.5, 0.6) is 0 Å². The molecule has 4 rings (SSSR count). The third-order valence-corrected chi connectivity index (χ3v) is 4.28. The molecule has 1 aromatic heterocycles. The summed E-state index contributed by atoms with van der Waals surface area (Å²) in [5.74, 6) is -0.0242. The number of amides is 1. The number of para-hydroxylation sites is 1. The second kappa shape index (κ2) is 6.24. The van der Waals surface area contributed by atoms with E-state index in [0.717, 1.165) is 27.1 Å². The number of rotatable bonds is 3. The van der Waals surface area contributed by atoms with E-state index in [1.165, 1.54) is 12.4 Å². The van der Waals surface area contributed by atoms with Crippen molar-refractivity contribution in [1.82, 2.24) is 0 Å². The van der Waals surface area contributed by atoms with Gasteiger partial charge in [-0.15, -0.1) is 0 Å². The second-order valence-corrected chi connectivity index (χ2v) is 5.94. The Morgan fingerprint density at radius 2 is 1.60 bits per heavy atom. The molecular weight excluding hydrogens is 312 g/mol. The van der Waals surface area contributed by atoms with Crippen LogP contribution in [-0.4, -0.2) is 5.91 Å². The van der Waals surface area contributed by atoms with Crippen LogP contribution in [0.4, 0.5) is 5.69 Å². The van der Waals surface area contributed by atoms with Crippen LogP contribution < -0.4 is 9.63 Å². The number of hydrogen-bond donors (Lipinski definition) is 0. The summed E-state index contributed by atoms with van der Waals surface area (Å²) >= 11 is 0. The van der Waals surface area contributed by atoms with E-state index < -0.39 is 0 Å². The summed E-state index contributed by atoms with van der Waals surface area (Å²) in [5.41, 5.74) is 4.39.